The zero-order valence-electron chi connectivity index (χ0n) is 12.5. The maximum Gasteiger partial charge on any atom is 0.239 e. The van der Waals surface area contributed by atoms with E-state index >= 15 is 0 Å². The lowest BCUT2D eigenvalue weighted by Gasteiger charge is -2.18. The minimum atomic E-state index is -0.609. The van der Waals surface area contributed by atoms with Crippen LogP contribution < -0.4 is 19.7 Å². The van der Waals surface area contributed by atoms with Crippen molar-refractivity contribution in [3.05, 3.63) is 18.2 Å². The normalized spacial score (nSPS) is 17.8. The van der Waals surface area contributed by atoms with Crippen LogP contribution in [0.15, 0.2) is 18.2 Å². The molecule has 1 N–H and O–H groups in total. The van der Waals surface area contributed by atoms with Crippen LogP contribution in [-0.2, 0) is 9.59 Å². The molecule has 0 aliphatic carbocycles. The van der Waals surface area contributed by atoms with Gasteiger partial charge in [0.05, 0.1) is 19.9 Å². The molecule has 1 saturated heterocycles. The Labute approximate surface area is 124 Å². The van der Waals surface area contributed by atoms with Crippen LogP contribution in [0.4, 0.5) is 5.69 Å². The largest absolute Gasteiger partial charge is 0.497 e. The minimum absolute atomic E-state index is 0.184. The van der Waals surface area contributed by atoms with Crippen LogP contribution in [0.3, 0.4) is 0 Å². The summed E-state index contributed by atoms with van der Waals surface area (Å²) in [6, 6.07) is 5.27. The van der Waals surface area contributed by atoms with Crippen LogP contribution in [0.2, 0.25) is 0 Å². The van der Waals surface area contributed by atoms with E-state index in [4.69, 9.17) is 9.47 Å². The fourth-order valence-electron chi connectivity index (χ4n) is 2.43. The van der Waals surface area contributed by atoms with Crippen LogP contribution >= 0.6 is 0 Å². The lowest BCUT2D eigenvalue weighted by atomic mass is 10.1. The number of carbonyl (C=O) groups excluding carboxylic acids is 2. The van der Waals surface area contributed by atoms with Crippen LogP contribution in [0.1, 0.15) is 13.3 Å². The summed E-state index contributed by atoms with van der Waals surface area (Å²) in [6.45, 7) is 2.87. The second-order valence-electron chi connectivity index (χ2n) is 4.80. The van der Waals surface area contributed by atoms with Crippen molar-refractivity contribution < 1.29 is 19.1 Å². The lowest BCUT2D eigenvalue weighted by Crippen LogP contribution is -2.36. The molecule has 114 valence electrons. The number of anilines is 1. The number of hydrogen-bond acceptors (Lipinski definition) is 4. The molecule has 2 amide bonds. The lowest BCUT2D eigenvalue weighted by molar-refractivity contribution is -0.132. The highest BCUT2D eigenvalue weighted by Gasteiger charge is 2.37. The van der Waals surface area contributed by atoms with Gasteiger partial charge in [0.2, 0.25) is 11.8 Å². The van der Waals surface area contributed by atoms with E-state index in [1.165, 1.54) is 0 Å². The maximum atomic E-state index is 12.4. The summed E-state index contributed by atoms with van der Waals surface area (Å²) in [6.07, 6.45) is 0.518. The van der Waals surface area contributed by atoms with Crippen molar-refractivity contribution in [3.63, 3.8) is 0 Å². The molecule has 1 atom stereocenters. The highest BCUT2D eigenvalue weighted by atomic mass is 16.5. The fraction of sp³-hybridized carbons (Fsp3) is 0.467. The van der Waals surface area contributed by atoms with E-state index in [9.17, 15) is 9.59 Å². The van der Waals surface area contributed by atoms with Gasteiger partial charge in [-0.15, -0.1) is 0 Å². The number of methoxy groups -OCH3 is 2. The van der Waals surface area contributed by atoms with E-state index in [1.807, 2.05) is 6.92 Å². The Morgan fingerprint density at radius 3 is 2.43 bits per heavy atom. The zero-order chi connectivity index (χ0) is 15.4. The molecule has 1 aromatic carbocycles. The number of hydrogen-bond donors (Lipinski definition) is 1. The molecule has 6 heteroatoms. The summed E-state index contributed by atoms with van der Waals surface area (Å²) in [5.41, 5.74) is 0.683. The van der Waals surface area contributed by atoms with Crippen molar-refractivity contribution >= 4 is 17.5 Å². The summed E-state index contributed by atoms with van der Waals surface area (Å²) < 4.78 is 10.4. The van der Waals surface area contributed by atoms with Gasteiger partial charge < -0.3 is 19.7 Å². The standard InChI is InChI=1S/C15H20N2O4/c1-4-16-14(18)13-5-6-17(15(13)19)10-7-11(20-2)9-12(8-10)21-3/h7-9,13H,4-6H2,1-3H3,(H,16,18). The first kappa shape index (κ1) is 15.2. The number of ether oxygens (including phenoxy) is 2. The average molecular weight is 292 g/mol. The Morgan fingerprint density at radius 1 is 1.29 bits per heavy atom. The van der Waals surface area contributed by atoms with E-state index in [0.717, 1.165) is 0 Å². The topological polar surface area (TPSA) is 67.9 Å². The van der Waals surface area contributed by atoms with Crippen LogP contribution in [0.5, 0.6) is 11.5 Å². The Morgan fingerprint density at radius 2 is 1.90 bits per heavy atom. The maximum absolute atomic E-state index is 12.4. The first-order chi connectivity index (χ1) is 10.1. The van der Waals surface area contributed by atoms with Crippen molar-refractivity contribution in [2.24, 2.45) is 5.92 Å². The summed E-state index contributed by atoms with van der Waals surface area (Å²) in [7, 11) is 3.11. The van der Waals surface area contributed by atoms with Crippen molar-refractivity contribution in [2.45, 2.75) is 13.3 Å². The highest BCUT2D eigenvalue weighted by molar-refractivity contribution is 6.09. The third-order valence-corrected chi connectivity index (χ3v) is 3.52. The van der Waals surface area contributed by atoms with Gasteiger partial charge in [-0.1, -0.05) is 0 Å². The Balaban J connectivity index is 2.23. The van der Waals surface area contributed by atoms with Gasteiger partial charge in [0.15, 0.2) is 0 Å². The Hall–Kier alpha value is -2.24. The van der Waals surface area contributed by atoms with Crippen LogP contribution in [0.25, 0.3) is 0 Å². The van der Waals surface area contributed by atoms with Gasteiger partial charge in [-0.3, -0.25) is 9.59 Å². The second kappa shape index (κ2) is 6.47. The second-order valence-corrected chi connectivity index (χ2v) is 4.80. The van der Waals surface area contributed by atoms with E-state index in [0.29, 0.717) is 36.7 Å². The average Bonchev–Trinajstić information content (AvgIpc) is 2.88. The van der Waals surface area contributed by atoms with Crippen molar-refractivity contribution in [2.75, 3.05) is 32.2 Å². The third-order valence-electron chi connectivity index (χ3n) is 3.52. The van der Waals surface area contributed by atoms with Gasteiger partial charge in [-0.05, 0) is 13.3 Å². The summed E-state index contributed by atoms with van der Waals surface area (Å²) in [5, 5.41) is 2.70. The highest BCUT2D eigenvalue weighted by Crippen LogP contribution is 2.32. The monoisotopic (exact) mass is 292 g/mol. The van der Waals surface area contributed by atoms with Gasteiger partial charge in [-0.25, -0.2) is 0 Å². The molecule has 1 aliphatic heterocycles. The summed E-state index contributed by atoms with van der Waals surface area (Å²) in [5.74, 6) is 0.218. The fourth-order valence-corrected chi connectivity index (χ4v) is 2.43. The Bertz CT molecular complexity index is 522. The van der Waals surface area contributed by atoms with Gasteiger partial charge in [0, 0.05) is 31.3 Å². The van der Waals surface area contributed by atoms with Crippen molar-refractivity contribution in [1.82, 2.24) is 5.32 Å². The molecule has 0 aromatic heterocycles. The molecule has 1 unspecified atom stereocenters. The number of amides is 2. The smallest absolute Gasteiger partial charge is 0.239 e. The van der Waals surface area contributed by atoms with E-state index in [-0.39, 0.29) is 11.8 Å². The molecular formula is C15H20N2O4. The van der Waals surface area contributed by atoms with Gasteiger partial charge in [-0.2, -0.15) is 0 Å². The van der Waals surface area contributed by atoms with Crippen molar-refractivity contribution in [3.8, 4) is 11.5 Å². The number of rotatable bonds is 5. The van der Waals surface area contributed by atoms with E-state index in [1.54, 1.807) is 37.3 Å². The van der Waals surface area contributed by atoms with Gasteiger partial charge >= 0.3 is 0 Å². The van der Waals surface area contributed by atoms with E-state index < -0.39 is 5.92 Å². The summed E-state index contributed by atoms with van der Waals surface area (Å²) in [4.78, 5) is 25.9. The molecule has 1 fully saturated rings. The Kier molecular flexibility index (Phi) is 4.67. The van der Waals surface area contributed by atoms with Crippen LogP contribution in [0, 0.1) is 5.92 Å². The number of benzene rings is 1. The number of nitrogens with zero attached hydrogens (tertiary/aromatic N) is 1. The van der Waals surface area contributed by atoms with Gasteiger partial charge in [0.25, 0.3) is 0 Å². The molecule has 6 nitrogen and oxygen atoms in total. The molecule has 21 heavy (non-hydrogen) atoms. The molecule has 0 spiro atoms. The predicted octanol–water partition coefficient (Wildman–Crippen LogP) is 1.19. The molecule has 2 rings (SSSR count). The SMILES string of the molecule is CCNC(=O)C1CCN(c2cc(OC)cc(OC)c2)C1=O. The number of carbonyl (C=O) groups is 2. The van der Waals surface area contributed by atoms with E-state index in [2.05, 4.69) is 5.32 Å². The predicted molar refractivity (Wildman–Crippen MR) is 78.7 cm³/mol. The number of nitrogens with one attached hydrogen (secondary N) is 1. The summed E-state index contributed by atoms with van der Waals surface area (Å²) >= 11 is 0. The first-order valence-electron chi connectivity index (χ1n) is 6.92. The molecule has 1 aromatic rings. The minimum Gasteiger partial charge on any atom is -0.497 e. The van der Waals surface area contributed by atoms with Gasteiger partial charge in [0.1, 0.15) is 17.4 Å². The van der Waals surface area contributed by atoms with Crippen molar-refractivity contribution in [1.29, 1.82) is 0 Å². The third kappa shape index (κ3) is 3.09. The molecule has 0 saturated carbocycles. The zero-order valence-corrected chi connectivity index (χ0v) is 12.5. The molecule has 1 heterocycles. The first-order valence-corrected chi connectivity index (χ1v) is 6.92. The quantitative estimate of drug-likeness (QED) is 0.828. The molecule has 0 radical (unpaired) electrons. The van der Waals surface area contributed by atoms with Crippen LogP contribution in [-0.4, -0.2) is 39.1 Å². The molecule has 1 aliphatic rings. The molecular weight excluding hydrogens is 272 g/mol. The molecule has 0 bridgehead atoms.